The van der Waals surface area contributed by atoms with E-state index in [4.69, 9.17) is 16.7 Å². The summed E-state index contributed by atoms with van der Waals surface area (Å²) in [6.45, 7) is 0. The summed E-state index contributed by atoms with van der Waals surface area (Å²) >= 11 is 5.78. The summed E-state index contributed by atoms with van der Waals surface area (Å²) < 4.78 is 0. The van der Waals surface area contributed by atoms with Crippen LogP contribution in [0.1, 0.15) is 12.0 Å². The van der Waals surface area contributed by atoms with E-state index < -0.39 is 16.3 Å². The van der Waals surface area contributed by atoms with E-state index in [0.29, 0.717) is 5.56 Å². The van der Waals surface area contributed by atoms with E-state index in [-0.39, 0.29) is 18.5 Å². The molecular formula is C10H10ClNO4. The quantitative estimate of drug-likeness (QED) is 0.488. The second kappa shape index (κ2) is 5.46. The van der Waals surface area contributed by atoms with Gasteiger partial charge in [0.1, 0.15) is 0 Å². The van der Waals surface area contributed by atoms with Gasteiger partial charge >= 0.3 is 5.97 Å². The minimum Gasteiger partial charge on any atom is -0.481 e. The van der Waals surface area contributed by atoms with Crippen molar-refractivity contribution in [3.8, 4) is 0 Å². The molecule has 0 amide bonds. The number of carboxylic acids is 1. The first-order valence-corrected chi connectivity index (χ1v) is 5.02. The maximum atomic E-state index is 10.7. The minimum atomic E-state index is -1.02. The molecule has 1 aromatic rings. The van der Waals surface area contributed by atoms with Crippen LogP contribution < -0.4 is 0 Å². The van der Waals surface area contributed by atoms with Gasteiger partial charge in [-0.3, -0.25) is 14.9 Å². The molecule has 86 valence electrons. The lowest BCUT2D eigenvalue weighted by molar-refractivity contribution is -0.385. The Hall–Kier alpha value is -1.62. The second-order valence-electron chi connectivity index (χ2n) is 3.29. The molecular weight excluding hydrogens is 234 g/mol. The summed E-state index contributed by atoms with van der Waals surface area (Å²) in [5.41, 5.74) is 0.423. The first-order chi connectivity index (χ1) is 7.50. The average Bonchev–Trinajstić information content (AvgIpc) is 2.16. The van der Waals surface area contributed by atoms with Crippen molar-refractivity contribution < 1.29 is 14.8 Å². The Morgan fingerprint density at radius 2 is 2.12 bits per heavy atom. The van der Waals surface area contributed by atoms with Gasteiger partial charge in [0.25, 0.3) is 5.69 Å². The van der Waals surface area contributed by atoms with Gasteiger partial charge in [-0.2, -0.15) is 0 Å². The van der Waals surface area contributed by atoms with Crippen LogP contribution in [-0.4, -0.2) is 21.4 Å². The number of benzene rings is 1. The van der Waals surface area contributed by atoms with E-state index in [9.17, 15) is 14.9 Å². The molecule has 1 atom stereocenters. The lowest BCUT2D eigenvalue weighted by Crippen LogP contribution is -2.11. The molecule has 1 unspecified atom stereocenters. The Labute approximate surface area is 96.8 Å². The number of nitro benzene ring substituents is 1. The van der Waals surface area contributed by atoms with E-state index in [2.05, 4.69) is 0 Å². The number of nitro groups is 1. The number of carboxylic acid groups (broad SMARTS) is 1. The lowest BCUT2D eigenvalue weighted by Gasteiger charge is -2.06. The third kappa shape index (κ3) is 3.51. The van der Waals surface area contributed by atoms with Gasteiger partial charge in [-0.05, 0) is 6.42 Å². The summed E-state index contributed by atoms with van der Waals surface area (Å²) in [6.07, 6.45) is -0.0430. The molecule has 1 rings (SSSR count). The van der Waals surface area contributed by atoms with E-state index >= 15 is 0 Å². The number of hydrogen-bond donors (Lipinski definition) is 1. The SMILES string of the molecule is O=C(O)CC(Cl)Cc1ccccc1[N+](=O)[O-]. The highest BCUT2D eigenvalue weighted by molar-refractivity contribution is 6.21. The summed E-state index contributed by atoms with van der Waals surface area (Å²) in [5, 5.41) is 18.6. The van der Waals surface area contributed by atoms with E-state index in [1.807, 2.05) is 0 Å². The first-order valence-electron chi connectivity index (χ1n) is 4.59. The van der Waals surface area contributed by atoms with Gasteiger partial charge in [-0.1, -0.05) is 18.2 Å². The van der Waals surface area contributed by atoms with Gasteiger partial charge in [0.2, 0.25) is 0 Å². The van der Waals surface area contributed by atoms with Gasteiger partial charge in [0.15, 0.2) is 0 Å². The van der Waals surface area contributed by atoms with Crippen molar-refractivity contribution >= 4 is 23.3 Å². The number of aliphatic carboxylic acids is 1. The number of nitrogens with zero attached hydrogens (tertiary/aromatic N) is 1. The zero-order valence-electron chi connectivity index (χ0n) is 8.30. The normalized spacial score (nSPS) is 12.1. The molecule has 0 heterocycles. The molecule has 0 bridgehead atoms. The molecule has 0 aliphatic carbocycles. The van der Waals surface area contributed by atoms with Gasteiger partial charge < -0.3 is 5.11 Å². The van der Waals surface area contributed by atoms with E-state index in [1.165, 1.54) is 6.07 Å². The Morgan fingerprint density at radius 1 is 1.50 bits per heavy atom. The van der Waals surface area contributed by atoms with Gasteiger partial charge in [0, 0.05) is 17.0 Å². The van der Waals surface area contributed by atoms with Crippen LogP contribution in [0.4, 0.5) is 5.69 Å². The van der Waals surface area contributed by atoms with Gasteiger partial charge in [-0.25, -0.2) is 0 Å². The van der Waals surface area contributed by atoms with Crippen molar-refractivity contribution in [2.75, 3.05) is 0 Å². The topological polar surface area (TPSA) is 80.4 Å². The monoisotopic (exact) mass is 243 g/mol. The molecule has 6 heteroatoms. The highest BCUT2D eigenvalue weighted by atomic mass is 35.5. The number of carbonyl (C=O) groups is 1. The maximum Gasteiger partial charge on any atom is 0.304 e. The van der Waals surface area contributed by atoms with Crippen molar-refractivity contribution in [1.29, 1.82) is 0 Å². The Morgan fingerprint density at radius 3 is 2.69 bits per heavy atom. The predicted molar refractivity (Wildman–Crippen MR) is 58.7 cm³/mol. The first kappa shape index (κ1) is 12.4. The number of hydrogen-bond acceptors (Lipinski definition) is 3. The molecule has 5 nitrogen and oxygen atoms in total. The average molecular weight is 244 g/mol. The highest BCUT2D eigenvalue weighted by Gasteiger charge is 2.17. The highest BCUT2D eigenvalue weighted by Crippen LogP contribution is 2.21. The van der Waals surface area contributed by atoms with Crippen LogP contribution in [0.15, 0.2) is 24.3 Å². The molecule has 16 heavy (non-hydrogen) atoms. The summed E-state index contributed by atoms with van der Waals surface area (Å²) in [7, 11) is 0. The second-order valence-corrected chi connectivity index (χ2v) is 3.90. The molecule has 0 spiro atoms. The zero-order chi connectivity index (χ0) is 12.1. The third-order valence-electron chi connectivity index (χ3n) is 2.03. The lowest BCUT2D eigenvalue weighted by atomic mass is 10.1. The van der Waals surface area contributed by atoms with Crippen molar-refractivity contribution in [1.82, 2.24) is 0 Å². The minimum absolute atomic E-state index is 0.0291. The number of halogens is 1. The van der Waals surface area contributed by atoms with Crippen LogP contribution >= 0.6 is 11.6 Å². The van der Waals surface area contributed by atoms with Crippen molar-refractivity contribution in [3.05, 3.63) is 39.9 Å². The largest absolute Gasteiger partial charge is 0.481 e. The molecule has 0 radical (unpaired) electrons. The molecule has 0 aliphatic heterocycles. The van der Waals surface area contributed by atoms with Gasteiger partial charge in [-0.15, -0.1) is 11.6 Å². The van der Waals surface area contributed by atoms with Crippen LogP contribution in [0.2, 0.25) is 0 Å². The smallest absolute Gasteiger partial charge is 0.304 e. The number of para-hydroxylation sites is 1. The fraction of sp³-hybridized carbons (Fsp3) is 0.300. The van der Waals surface area contributed by atoms with Crippen molar-refractivity contribution in [2.45, 2.75) is 18.2 Å². The Bertz CT molecular complexity index is 408. The molecule has 0 saturated carbocycles. The third-order valence-corrected chi connectivity index (χ3v) is 2.33. The molecule has 0 aliphatic rings. The van der Waals surface area contributed by atoms with Crippen molar-refractivity contribution in [3.63, 3.8) is 0 Å². The molecule has 1 N–H and O–H groups in total. The van der Waals surface area contributed by atoms with Gasteiger partial charge in [0.05, 0.1) is 11.3 Å². The summed E-state index contributed by atoms with van der Waals surface area (Å²) in [4.78, 5) is 20.6. The van der Waals surface area contributed by atoms with Crippen LogP contribution in [0.25, 0.3) is 0 Å². The standard InChI is InChI=1S/C10H10ClNO4/c11-8(6-10(13)14)5-7-3-1-2-4-9(7)12(15)16/h1-4,8H,5-6H2,(H,13,14). The maximum absolute atomic E-state index is 10.7. The molecule has 0 fully saturated rings. The fourth-order valence-electron chi connectivity index (χ4n) is 1.36. The fourth-order valence-corrected chi connectivity index (χ4v) is 1.66. The number of rotatable bonds is 5. The van der Waals surface area contributed by atoms with E-state index in [0.717, 1.165) is 0 Å². The zero-order valence-corrected chi connectivity index (χ0v) is 9.05. The molecule has 0 aromatic heterocycles. The molecule has 1 aromatic carbocycles. The summed E-state index contributed by atoms with van der Waals surface area (Å²) in [5.74, 6) is -1.02. The van der Waals surface area contributed by atoms with E-state index in [1.54, 1.807) is 18.2 Å². The molecule has 0 saturated heterocycles. The number of alkyl halides is 1. The van der Waals surface area contributed by atoms with Crippen molar-refractivity contribution in [2.24, 2.45) is 0 Å². The van der Waals surface area contributed by atoms with Crippen LogP contribution in [-0.2, 0) is 11.2 Å². The summed E-state index contributed by atoms with van der Waals surface area (Å²) in [6, 6.07) is 6.17. The predicted octanol–water partition coefficient (Wildman–Crippen LogP) is 2.22. The van der Waals surface area contributed by atoms with Crippen LogP contribution in [0.3, 0.4) is 0 Å². The van der Waals surface area contributed by atoms with Crippen LogP contribution in [0, 0.1) is 10.1 Å². The Balaban J connectivity index is 2.80. The van der Waals surface area contributed by atoms with Crippen LogP contribution in [0.5, 0.6) is 0 Å². The Kier molecular flexibility index (Phi) is 4.25.